The van der Waals surface area contributed by atoms with Gasteiger partial charge in [0.2, 0.25) is 0 Å². The third-order valence-corrected chi connectivity index (χ3v) is 7.24. The first-order chi connectivity index (χ1) is 17.3. The first-order valence-corrected chi connectivity index (χ1v) is 13.3. The Bertz CT molecular complexity index is 1430. The summed E-state index contributed by atoms with van der Waals surface area (Å²) in [6, 6.07) is 9.68. The maximum absolute atomic E-state index is 14.9. The van der Waals surface area contributed by atoms with E-state index >= 15 is 0 Å². The summed E-state index contributed by atoms with van der Waals surface area (Å²) in [4.78, 5) is 10.8. The van der Waals surface area contributed by atoms with Gasteiger partial charge in [0.05, 0.1) is 21.2 Å². The Balaban J connectivity index is 1.37. The molecule has 0 bridgehead atoms. The van der Waals surface area contributed by atoms with Crippen molar-refractivity contribution >= 4 is 27.7 Å². The average Bonchev–Trinajstić information content (AvgIpc) is 3.36. The first-order valence-electron chi connectivity index (χ1n) is 11.8. The van der Waals surface area contributed by atoms with Crippen LogP contribution < -0.4 is 9.64 Å². The molecule has 4 aromatic rings. The number of piperidine rings is 1. The van der Waals surface area contributed by atoms with Gasteiger partial charge in [-0.15, -0.1) is 0 Å². The summed E-state index contributed by atoms with van der Waals surface area (Å²) in [5.41, 5.74) is 1.00. The summed E-state index contributed by atoms with van der Waals surface area (Å²) in [6.45, 7) is 5.47. The van der Waals surface area contributed by atoms with Crippen molar-refractivity contribution in [3.05, 3.63) is 60.1 Å². The molecule has 0 amide bonds. The zero-order valence-electron chi connectivity index (χ0n) is 20.2. The molecular formula is C26H26F2N4O3S. The van der Waals surface area contributed by atoms with Gasteiger partial charge < -0.3 is 14.2 Å². The number of anilines is 1. The van der Waals surface area contributed by atoms with Crippen molar-refractivity contribution in [2.75, 3.05) is 24.2 Å². The number of nitrogens with zero attached hydrogens (tertiary/aromatic N) is 4. The van der Waals surface area contributed by atoms with E-state index in [0.717, 1.165) is 25.0 Å². The number of pyridine rings is 1. The largest absolute Gasteiger partial charge is 0.490 e. The van der Waals surface area contributed by atoms with Crippen LogP contribution in [0.5, 0.6) is 5.75 Å². The van der Waals surface area contributed by atoms with Crippen LogP contribution in [0, 0.1) is 11.6 Å². The van der Waals surface area contributed by atoms with Crippen LogP contribution in [-0.4, -0.2) is 44.8 Å². The fourth-order valence-corrected chi connectivity index (χ4v) is 4.96. The molecule has 2 aromatic heterocycles. The van der Waals surface area contributed by atoms with Gasteiger partial charge in [-0.05, 0) is 24.3 Å². The average molecular weight is 513 g/mol. The van der Waals surface area contributed by atoms with Gasteiger partial charge in [0.25, 0.3) is 0 Å². The molecule has 188 valence electrons. The molecule has 7 nitrogen and oxygen atoms in total. The first kappa shape index (κ1) is 24.3. The zero-order chi connectivity index (χ0) is 25.4. The number of fused-ring (bicyclic) bond motifs is 1. The Hall–Kier alpha value is -3.40. The van der Waals surface area contributed by atoms with Crippen molar-refractivity contribution < 1.29 is 22.2 Å². The van der Waals surface area contributed by atoms with E-state index in [2.05, 4.69) is 20.0 Å². The van der Waals surface area contributed by atoms with Crippen LogP contribution >= 0.6 is 0 Å². The van der Waals surface area contributed by atoms with E-state index in [1.165, 1.54) is 6.26 Å². The molecule has 5 rings (SSSR count). The van der Waals surface area contributed by atoms with Crippen LogP contribution in [0.15, 0.2) is 52.0 Å². The molecular weight excluding hydrogens is 486 g/mol. The van der Waals surface area contributed by atoms with Crippen LogP contribution in [0.1, 0.15) is 38.4 Å². The molecule has 36 heavy (non-hydrogen) atoms. The van der Waals surface area contributed by atoms with E-state index < -0.39 is 22.4 Å². The third-order valence-electron chi connectivity index (χ3n) is 6.31. The fraction of sp³-hybridized carbons (Fsp3) is 0.346. The Morgan fingerprint density at radius 3 is 2.58 bits per heavy atom. The Kier molecular flexibility index (Phi) is 6.70. The normalized spacial score (nSPS) is 15.6. The van der Waals surface area contributed by atoms with E-state index in [1.54, 1.807) is 24.4 Å². The van der Waals surface area contributed by atoms with E-state index in [-0.39, 0.29) is 22.5 Å². The molecule has 1 aliphatic heterocycles. The molecule has 10 heteroatoms. The minimum atomic E-state index is -1.63. The second-order valence-corrected chi connectivity index (χ2v) is 10.5. The van der Waals surface area contributed by atoms with Crippen LogP contribution in [-0.2, 0) is 10.8 Å². The highest BCUT2D eigenvalue weighted by molar-refractivity contribution is 7.84. The minimum absolute atomic E-state index is 0.0315. The van der Waals surface area contributed by atoms with Gasteiger partial charge in [-0.3, -0.25) is 9.19 Å². The highest BCUT2D eigenvalue weighted by Crippen LogP contribution is 2.35. The van der Waals surface area contributed by atoms with Gasteiger partial charge in [-0.1, -0.05) is 31.1 Å². The summed E-state index contributed by atoms with van der Waals surface area (Å²) < 4.78 is 52.9. The van der Waals surface area contributed by atoms with Gasteiger partial charge in [-0.25, -0.2) is 8.78 Å². The molecule has 1 saturated heterocycles. The second kappa shape index (κ2) is 9.93. The van der Waals surface area contributed by atoms with E-state index in [9.17, 15) is 13.0 Å². The summed E-state index contributed by atoms with van der Waals surface area (Å²) in [5.74, 6) is 0.150. The lowest BCUT2D eigenvalue weighted by Crippen LogP contribution is -2.38. The van der Waals surface area contributed by atoms with Crippen molar-refractivity contribution in [2.45, 2.75) is 43.6 Å². The number of rotatable bonds is 6. The quantitative estimate of drug-likeness (QED) is 0.339. The number of halogens is 2. The molecule has 3 heterocycles. The zero-order valence-corrected chi connectivity index (χ0v) is 21.0. The molecule has 2 aromatic carbocycles. The SMILES string of the molecule is CC(C)c1noc(N2CCC(Oc3ccnc4c(-c5cc(F)c(S(C)=O)cc5F)cccc34)CC2)n1. The number of hydrogen-bond acceptors (Lipinski definition) is 7. The van der Waals surface area contributed by atoms with Crippen molar-refractivity contribution in [3.63, 3.8) is 0 Å². The smallest absolute Gasteiger partial charge is 0.324 e. The molecule has 0 N–H and O–H groups in total. The number of para-hydroxylation sites is 1. The van der Waals surface area contributed by atoms with Crippen LogP contribution in [0.25, 0.3) is 22.0 Å². The predicted octanol–water partition coefficient (Wildman–Crippen LogP) is 5.47. The van der Waals surface area contributed by atoms with Crippen molar-refractivity contribution in [1.82, 2.24) is 15.1 Å². The van der Waals surface area contributed by atoms with Crippen LogP contribution in [0.4, 0.5) is 14.8 Å². The lowest BCUT2D eigenvalue weighted by atomic mass is 10.0. The predicted molar refractivity (Wildman–Crippen MR) is 134 cm³/mol. The summed E-state index contributed by atoms with van der Waals surface area (Å²) >= 11 is 0. The van der Waals surface area contributed by atoms with Crippen molar-refractivity contribution in [1.29, 1.82) is 0 Å². The number of aromatic nitrogens is 3. The van der Waals surface area contributed by atoms with E-state index in [0.29, 0.717) is 47.1 Å². The van der Waals surface area contributed by atoms with Crippen LogP contribution in [0.2, 0.25) is 0 Å². The van der Waals surface area contributed by atoms with Gasteiger partial charge in [0.1, 0.15) is 23.5 Å². The summed E-state index contributed by atoms with van der Waals surface area (Å²) in [5, 5.41) is 4.75. The molecule has 0 saturated carbocycles. The number of ether oxygens (including phenoxy) is 1. The van der Waals surface area contributed by atoms with E-state index in [4.69, 9.17) is 9.26 Å². The maximum atomic E-state index is 14.9. The molecule has 0 radical (unpaired) electrons. The molecule has 0 spiro atoms. The topological polar surface area (TPSA) is 81.4 Å². The summed E-state index contributed by atoms with van der Waals surface area (Å²) in [7, 11) is -1.63. The highest BCUT2D eigenvalue weighted by atomic mass is 32.2. The van der Waals surface area contributed by atoms with Gasteiger partial charge in [0.15, 0.2) is 5.82 Å². The van der Waals surface area contributed by atoms with Crippen molar-refractivity contribution in [3.8, 4) is 16.9 Å². The van der Waals surface area contributed by atoms with Gasteiger partial charge >= 0.3 is 6.01 Å². The molecule has 1 aliphatic rings. The number of benzene rings is 2. The van der Waals surface area contributed by atoms with Gasteiger partial charge in [-0.2, -0.15) is 4.98 Å². The molecule has 1 unspecified atom stereocenters. The Morgan fingerprint density at radius 1 is 1.11 bits per heavy atom. The standard InChI is InChI=1S/C26H26F2N4O3S/c1-15(2)25-30-26(35-31-25)32-11-8-16(9-12-32)34-22-7-10-29-24-17(5-4-6-18(22)24)19-13-21(28)23(36(3)33)14-20(19)27/h4-7,10,13-16H,8-9,11-12H2,1-3H3. The number of hydrogen-bond donors (Lipinski definition) is 0. The Morgan fingerprint density at radius 2 is 1.89 bits per heavy atom. The fourth-order valence-electron chi connectivity index (χ4n) is 4.36. The molecule has 0 aliphatic carbocycles. The van der Waals surface area contributed by atoms with Crippen LogP contribution in [0.3, 0.4) is 0 Å². The lowest BCUT2D eigenvalue weighted by Gasteiger charge is -2.31. The second-order valence-electron chi connectivity index (χ2n) is 9.12. The Labute approximate surface area is 209 Å². The third kappa shape index (κ3) is 4.69. The minimum Gasteiger partial charge on any atom is -0.490 e. The molecule has 1 atom stereocenters. The van der Waals surface area contributed by atoms with Gasteiger partial charge in [0, 0.05) is 60.8 Å². The highest BCUT2D eigenvalue weighted by Gasteiger charge is 2.25. The lowest BCUT2D eigenvalue weighted by molar-refractivity contribution is 0.170. The summed E-state index contributed by atoms with van der Waals surface area (Å²) in [6.07, 6.45) is 4.41. The molecule has 1 fully saturated rings. The maximum Gasteiger partial charge on any atom is 0.324 e. The van der Waals surface area contributed by atoms with Crippen molar-refractivity contribution in [2.24, 2.45) is 0 Å². The monoisotopic (exact) mass is 512 g/mol. The van der Waals surface area contributed by atoms with E-state index in [1.807, 2.05) is 19.9 Å².